The fraction of sp³-hybridized carbons (Fsp3) is 0.289. The molecule has 0 bridgehead atoms. The largest absolute Gasteiger partial charge is 0.506 e. The van der Waals surface area contributed by atoms with Crippen LogP contribution in [0.4, 0.5) is 11.4 Å². The first kappa shape index (κ1) is 33.7. The minimum absolute atomic E-state index is 0.0115. The zero-order valence-corrected chi connectivity index (χ0v) is 28.3. The number of H-pyrrole nitrogens is 2. The minimum Gasteiger partial charge on any atom is -0.506 e. The lowest BCUT2D eigenvalue weighted by Crippen LogP contribution is -2.26. The molecule has 5 aromatic rings. The highest BCUT2D eigenvalue weighted by Crippen LogP contribution is 2.45. The van der Waals surface area contributed by atoms with Gasteiger partial charge in [-0.1, -0.05) is 50.3 Å². The number of carbonyl (C=O) groups excluding carboxylic acids is 1. The summed E-state index contributed by atoms with van der Waals surface area (Å²) in [5.74, 6) is 1.33. The number of likely N-dealkylation sites (N-methyl/N-ethyl adjacent to an activating group) is 1. The van der Waals surface area contributed by atoms with E-state index in [1.54, 1.807) is 29.2 Å². The Kier molecular flexibility index (Phi) is 10.3. The van der Waals surface area contributed by atoms with E-state index in [4.69, 9.17) is 16.7 Å². The molecular formula is C38H43ClN4O4. The van der Waals surface area contributed by atoms with Gasteiger partial charge in [-0.3, -0.25) is 4.79 Å². The van der Waals surface area contributed by atoms with Crippen molar-refractivity contribution in [3.63, 3.8) is 0 Å². The van der Waals surface area contributed by atoms with Crippen molar-refractivity contribution in [1.29, 1.82) is 0 Å². The summed E-state index contributed by atoms with van der Waals surface area (Å²) >= 11 is 6.06. The van der Waals surface area contributed by atoms with Crippen LogP contribution in [0, 0.1) is 13.8 Å². The molecule has 7 rings (SSSR count). The van der Waals surface area contributed by atoms with E-state index in [0.29, 0.717) is 24.1 Å². The number of aromatic nitrogens is 2. The minimum atomic E-state index is -0.102. The van der Waals surface area contributed by atoms with E-state index >= 15 is 0 Å². The Hall–Kier alpha value is -4.66. The number of aliphatic hydroxyl groups is 1. The number of halogens is 1. The maximum Gasteiger partial charge on any atom is 0.251 e. The molecule has 0 saturated carbocycles. The van der Waals surface area contributed by atoms with Crippen LogP contribution in [-0.4, -0.2) is 63.8 Å². The fourth-order valence-electron chi connectivity index (χ4n) is 6.61. The van der Waals surface area contributed by atoms with E-state index in [1.165, 1.54) is 5.56 Å². The summed E-state index contributed by atoms with van der Waals surface area (Å²) in [6, 6.07) is 11.2. The lowest BCUT2D eigenvalue weighted by atomic mass is 9.97. The van der Waals surface area contributed by atoms with E-state index in [2.05, 4.69) is 21.8 Å². The molecule has 246 valence electrons. The number of amides is 1. The monoisotopic (exact) mass is 654 g/mol. The van der Waals surface area contributed by atoms with Crippen molar-refractivity contribution in [2.24, 2.45) is 0 Å². The van der Waals surface area contributed by atoms with E-state index < -0.39 is 0 Å². The number of hydrogen-bond donors (Lipinski definition) is 5. The van der Waals surface area contributed by atoms with Crippen molar-refractivity contribution >= 4 is 62.8 Å². The number of anilines is 2. The van der Waals surface area contributed by atoms with Crippen LogP contribution in [0.15, 0.2) is 60.9 Å². The first-order chi connectivity index (χ1) is 22.7. The topological polar surface area (TPSA) is 116 Å². The number of fused-ring (bicyclic) bond motifs is 6. The summed E-state index contributed by atoms with van der Waals surface area (Å²) in [6.07, 6.45) is 11.5. The zero-order chi connectivity index (χ0) is 33.8. The molecule has 3 aromatic carbocycles. The van der Waals surface area contributed by atoms with Gasteiger partial charge in [0.2, 0.25) is 0 Å². The van der Waals surface area contributed by atoms with Crippen LogP contribution in [0.25, 0.3) is 34.0 Å². The summed E-state index contributed by atoms with van der Waals surface area (Å²) in [7, 11) is 2.04. The Morgan fingerprint density at radius 2 is 1.51 bits per heavy atom. The van der Waals surface area contributed by atoms with Crippen molar-refractivity contribution in [3.8, 4) is 11.5 Å². The lowest BCUT2D eigenvalue weighted by Gasteiger charge is -2.16. The fourth-order valence-corrected chi connectivity index (χ4v) is 6.87. The molecule has 8 nitrogen and oxygen atoms in total. The van der Waals surface area contributed by atoms with Crippen LogP contribution in [0.5, 0.6) is 11.5 Å². The molecule has 0 radical (unpaired) electrons. The Balaban J connectivity index is 0.000000194. The molecule has 1 atom stereocenters. The molecule has 0 fully saturated rings. The molecule has 47 heavy (non-hydrogen) atoms. The number of aromatic hydroxyl groups is 2. The van der Waals surface area contributed by atoms with Gasteiger partial charge in [-0.15, -0.1) is 11.6 Å². The van der Waals surface area contributed by atoms with E-state index in [-0.39, 0.29) is 18.3 Å². The predicted molar refractivity (Wildman–Crippen MR) is 195 cm³/mol. The lowest BCUT2D eigenvalue weighted by molar-refractivity contribution is -0.114. The molecule has 4 heterocycles. The average Bonchev–Trinajstić information content (AvgIpc) is 3.86. The summed E-state index contributed by atoms with van der Waals surface area (Å²) in [4.78, 5) is 22.9. The van der Waals surface area contributed by atoms with Crippen molar-refractivity contribution in [1.82, 2.24) is 9.97 Å². The van der Waals surface area contributed by atoms with Crippen LogP contribution >= 0.6 is 11.6 Å². The van der Waals surface area contributed by atoms with Gasteiger partial charge in [-0.05, 0) is 59.7 Å². The third-order valence-electron chi connectivity index (χ3n) is 8.78. The number of rotatable bonds is 5. The molecule has 0 saturated heterocycles. The highest BCUT2D eigenvalue weighted by molar-refractivity contribution is 6.19. The van der Waals surface area contributed by atoms with Gasteiger partial charge in [-0.25, -0.2) is 0 Å². The summed E-state index contributed by atoms with van der Waals surface area (Å²) in [6.45, 7) is 9.59. The molecule has 0 spiro atoms. The van der Waals surface area contributed by atoms with E-state index in [9.17, 15) is 15.0 Å². The Bertz CT molecular complexity index is 1950. The normalized spacial score (nSPS) is 15.3. The number of hydrogen-bond acceptors (Lipinski definition) is 5. The molecule has 0 aliphatic carbocycles. The number of benzene rings is 3. The average molecular weight is 655 g/mol. The standard InChI is InChI=1S/C23H22N2O3.C13H15ClN2O.C2H6/c1-15-14-24-23-20(27)13-19-18(22(15)23)10-11-25(19)21(28)9-8-17-6-4-16(5-7-17)3-2-12-26;1-7-5-15-13-10(17)3-9-12(11(7)13)8(4-14)6-16(9)2;1-2/h2-9,13-14,24,26-27H,10-12H2,1H3;3,5,8,15,17H,4,6H2,1-2H3;1-2H3/b3-2+,9-8+;;. The Labute approximate surface area is 280 Å². The van der Waals surface area contributed by atoms with Crippen LogP contribution in [0.1, 0.15) is 53.1 Å². The predicted octanol–water partition coefficient (Wildman–Crippen LogP) is 7.77. The van der Waals surface area contributed by atoms with Gasteiger partial charge in [-0.2, -0.15) is 0 Å². The van der Waals surface area contributed by atoms with Crippen molar-refractivity contribution in [2.75, 3.05) is 42.4 Å². The first-order valence-electron chi connectivity index (χ1n) is 16.0. The van der Waals surface area contributed by atoms with Crippen molar-refractivity contribution in [2.45, 2.75) is 40.0 Å². The summed E-state index contributed by atoms with van der Waals surface area (Å²) in [5, 5.41) is 31.3. The number of phenolic OH excluding ortho intramolecular Hbond substituents is 2. The summed E-state index contributed by atoms with van der Waals surface area (Å²) in [5.41, 5.74) is 9.97. The van der Waals surface area contributed by atoms with Gasteiger partial charge in [0.05, 0.1) is 23.3 Å². The van der Waals surface area contributed by atoms with Crippen molar-refractivity contribution in [3.05, 3.63) is 94.3 Å². The van der Waals surface area contributed by atoms with Crippen LogP contribution in [0.2, 0.25) is 0 Å². The molecule has 2 aliphatic rings. The second kappa shape index (κ2) is 14.4. The third-order valence-corrected chi connectivity index (χ3v) is 9.16. The third kappa shape index (κ3) is 6.48. The molecule has 2 aromatic heterocycles. The molecule has 5 N–H and O–H groups in total. The number of aryl methyl sites for hydroxylation is 2. The van der Waals surface area contributed by atoms with E-state index in [1.807, 2.05) is 76.6 Å². The second-order valence-electron chi connectivity index (χ2n) is 11.7. The highest BCUT2D eigenvalue weighted by atomic mass is 35.5. The van der Waals surface area contributed by atoms with Gasteiger partial charge >= 0.3 is 0 Å². The molecule has 9 heteroatoms. The smallest absolute Gasteiger partial charge is 0.251 e. The molecule has 1 unspecified atom stereocenters. The van der Waals surface area contributed by atoms with Gasteiger partial charge in [0.1, 0.15) is 11.5 Å². The van der Waals surface area contributed by atoms with Gasteiger partial charge in [0.15, 0.2) is 0 Å². The Morgan fingerprint density at radius 1 is 0.936 bits per heavy atom. The van der Waals surface area contributed by atoms with Gasteiger partial charge < -0.3 is 35.1 Å². The van der Waals surface area contributed by atoms with Gasteiger partial charge in [0, 0.05) is 79.0 Å². The van der Waals surface area contributed by atoms with Crippen LogP contribution in [-0.2, 0) is 11.2 Å². The van der Waals surface area contributed by atoms with Crippen LogP contribution < -0.4 is 9.80 Å². The quantitative estimate of drug-likeness (QED) is 0.0981. The number of phenols is 2. The SMILES string of the molecule is CC.Cc1c[nH]c2c(O)cc3c(c12)C(CCl)CN3C.Cc1c[nH]c2c(O)cc3c(c12)CCN3C(=O)/C=C/c1ccc(/C=C/CO)cc1. The number of nitrogens with one attached hydrogen (secondary N) is 2. The highest BCUT2D eigenvalue weighted by Gasteiger charge is 2.30. The zero-order valence-electron chi connectivity index (χ0n) is 27.6. The number of carbonyl (C=O) groups is 1. The van der Waals surface area contributed by atoms with Crippen LogP contribution in [0.3, 0.4) is 0 Å². The molecular weight excluding hydrogens is 612 g/mol. The number of nitrogens with zero attached hydrogens (tertiary/aromatic N) is 2. The Morgan fingerprint density at radius 3 is 2.13 bits per heavy atom. The molecule has 2 aliphatic heterocycles. The number of aliphatic hydroxyl groups excluding tert-OH is 1. The second-order valence-corrected chi connectivity index (χ2v) is 12.0. The number of aromatic amines is 2. The number of alkyl halides is 1. The maximum absolute atomic E-state index is 12.8. The maximum atomic E-state index is 12.8. The van der Waals surface area contributed by atoms with Gasteiger partial charge in [0.25, 0.3) is 5.91 Å². The molecule has 1 amide bonds. The summed E-state index contributed by atoms with van der Waals surface area (Å²) < 4.78 is 0. The van der Waals surface area contributed by atoms with E-state index in [0.717, 1.165) is 74.0 Å². The first-order valence-corrected chi connectivity index (χ1v) is 16.6. The van der Waals surface area contributed by atoms with Crippen molar-refractivity contribution < 1.29 is 20.1 Å².